The molecule has 0 atom stereocenters. The maximum atomic E-state index is 12.5. The Morgan fingerprint density at radius 1 is 1.12 bits per heavy atom. The fraction of sp³-hybridized carbons (Fsp3) is 0.211. The van der Waals surface area contributed by atoms with Crippen LogP contribution in [0.5, 0.6) is 0 Å². The van der Waals surface area contributed by atoms with E-state index in [2.05, 4.69) is 15.0 Å². The normalized spacial score (nSPS) is 10.7. The molecule has 3 aromatic rings. The number of rotatable bonds is 4. The van der Waals surface area contributed by atoms with Crippen molar-refractivity contribution in [2.45, 2.75) is 13.8 Å². The second-order valence-corrected chi connectivity index (χ2v) is 5.77. The van der Waals surface area contributed by atoms with E-state index >= 15 is 0 Å². The Labute approximate surface area is 145 Å². The molecule has 128 valence electrons. The van der Waals surface area contributed by atoms with Crippen LogP contribution in [0.4, 0.5) is 0 Å². The van der Waals surface area contributed by atoms with Gasteiger partial charge in [0.1, 0.15) is 6.54 Å². The summed E-state index contributed by atoms with van der Waals surface area (Å²) in [5.41, 5.74) is 4.77. The van der Waals surface area contributed by atoms with E-state index in [1.165, 1.54) is 7.11 Å². The third-order valence-corrected chi connectivity index (χ3v) is 4.09. The highest BCUT2D eigenvalue weighted by Crippen LogP contribution is 2.30. The number of aromatic nitrogens is 2. The molecule has 0 unspecified atom stereocenters. The van der Waals surface area contributed by atoms with Gasteiger partial charge in [-0.25, -0.2) is 4.98 Å². The number of carbonyl (C=O) groups is 2. The number of imidazole rings is 1. The van der Waals surface area contributed by atoms with Gasteiger partial charge in [-0.3, -0.25) is 14.0 Å². The molecule has 0 fully saturated rings. The Balaban J connectivity index is 2.10. The smallest absolute Gasteiger partial charge is 0.325 e. The first-order valence-corrected chi connectivity index (χ1v) is 7.91. The van der Waals surface area contributed by atoms with Gasteiger partial charge in [-0.2, -0.15) is 0 Å². The summed E-state index contributed by atoms with van der Waals surface area (Å²) < 4.78 is 6.28. The predicted molar refractivity (Wildman–Crippen MR) is 94.5 cm³/mol. The van der Waals surface area contributed by atoms with Crippen LogP contribution >= 0.6 is 0 Å². The lowest BCUT2D eigenvalue weighted by Crippen LogP contribution is -2.31. The number of pyridine rings is 1. The second kappa shape index (κ2) is 6.76. The number of carbonyl (C=O) groups excluding carboxylic acids is 2. The molecule has 2 aromatic heterocycles. The van der Waals surface area contributed by atoms with Gasteiger partial charge in [-0.1, -0.05) is 24.3 Å². The average Bonchev–Trinajstić information content (AvgIpc) is 2.99. The quantitative estimate of drug-likeness (QED) is 0.743. The van der Waals surface area contributed by atoms with Gasteiger partial charge in [-0.05, 0) is 37.1 Å². The molecule has 1 amide bonds. The highest BCUT2D eigenvalue weighted by molar-refractivity contribution is 5.96. The Morgan fingerprint density at radius 3 is 2.52 bits per heavy atom. The Hall–Kier alpha value is -3.15. The maximum absolute atomic E-state index is 12.5. The van der Waals surface area contributed by atoms with Crippen LogP contribution in [0.3, 0.4) is 0 Å². The molecule has 1 aromatic carbocycles. The number of hydrogen-bond donors (Lipinski definition) is 1. The van der Waals surface area contributed by atoms with Crippen LogP contribution in [0.1, 0.15) is 21.7 Å². The molecule has 2 heterocycles. The molecule has 6 heteroatoms. The number of hydrogen-bond acceptors (Lipinski definition) is 4. The molecular weight excluding hydrogens is 318 g/mol. The highest BCUT2D eigenvalue weighted by atomic mass is 16.5. The lowest BCUT2D eigenvalue weighted by molar-refractivity contribution is -0.139. The summed E-state index contributed by atoms with van der Waals surface area (Å²) in [5, 5.41) is 2.54. The standard InChI is InChI=1S/C19H19N3O3/c1-12-7-6-8-13(2)16(12)17-14-9-4-5-10-22(14)18(21-17)19(24)20-11-15(23)25-3/h4-10H,11H2,1-3H3,(H,20,24). The van der Waals surface area contributed by atoms with Crippen molar-refractivity contribution in [3.63, 3.8) is 0 Å². The van der Waals surface area contributed by atoms with Crippen molar-refractivity contribution in [3.05, 3.63) is 59.5 Å². The molecule has 0 spiro atoms. The average molecular weight is 337 g/mol. The molecule has 3 rings (SSSR count). The van der Waals surface area contributed by atoms with Gasteiger partial charge in [0.05, 0.1) is 18.3 Å². The van der Waals surface area contributed by atoms with E-state index in [9.17, 15) is 9.59 Å². The van der Waals surface area contributed by atoms with Crippen molar-refractivity contribution in [1.82, 2.24) is 14.7 Å². The minimum atomic E-state index is -0.510. The third kappa shape index (κ3) is 3.10. The molecule has 0 aliphatic rings. The summed E-state index contributed by atoms with van der Waals surface area (Å²) in [6.45, 7) is 3.84. The van der Waals surface area contributed by atoms with Crippen LogP contribution in [-0.2, 0) is 9.53 Å². The summed E-state index contributed by atoms with van der Waals surface area (Å²) in [6, 6.07) is 11.7. The topological polar surface area (TPSA) is 72.7 Å². The van der Waals surface area contributed by atoms with Crippen molar-refractivity contribution in [3.8, 4) is 11.3 Å². The maximum Gasteiger partial charge on any atom is 0.325 e. The molecule has 0 radical (unpaired) electrons. The van der Waals surface area contributed by atoms with E-state index in [0.717, 1.165) is 27.9 Å². The number of benzene rings is 1. The molecule has 0 aliphatic heterocycles. The SMILES string of the molecule is COC(=O)CNC(=O)c1nc(-c2c(C)cccc2C)c2ccccn12. The number of nitrogens with zero attached hydrogens (tertiary/aromatic N) is 2. The van der Waals surface area contributed by atoms with Crippen LogP contribution in [-0.4, -0.2) is 34.9 Å². The van der Waals surface area contributed by atoms with Gasteiger partial charge in [0.25, 0.3) is 5.91 Å². The largest absolute Gasteiger partial charge is 0.468 e. The van der Waals surface area contributed by atoms with Crippen LogP contribution < -0.4 is 5.32 Å². The molecule has 0 bridgehead atoms. The first-order chi connectivity index (χ1) is 12.0. The summed E-state index contributed by atoms with van der Waals surface area (Å²) in [7, 11) is 1.28. The number of fused-ring (bicyclic) bond motifs is 1. The monoisotopic (exact) mass is 337 g/mol. The summed E-state index contributed by atoms with van der Waals surface area (Å²) >= 11 is 0. The number of nitrogens with one attached hydrogen (secondary N) is 1. The molecular formula is C19H19N3O3. The first kappa shape index (κ1) is 16.7. The lowest BCUT2D eigenvalue weighted by Gasteiger charge is -2.07. The zero-order chi connectivity index (χ0) is 18.0. The summed E-state index contributed by atoms with van der Waals surface area (Å²) in [4.78, 5) is 28.3. The minimum absolute atomic E-state index is 0.199. The number of methoxy groups -OCH3 is 1. The minimum Gasteiger partial charge on any atom is -0.468 e. The van der Waals surface area contributed by atoms with Crippen LogP contribution in [0.2, 0.25) is 0 Å². The van der Waals surface area contributed by atoms with E-state index in [4.69, 9.17) is 0 Å². The molecule has 6 nitrogen and oxygen atoms in total. The van der Waals surface area contributed by atoms with Crippen molar-refractivity contribution in [2.75, 3.05) is 13.7 Å². The molecule has 0 aliphatic carbocycles. The molecule has 0 saturated heterocycles. The van der Waals surface area contributed by atoms with Crippen LogP contribution in [0, 0.1) is 13.8 Å². The van der Waals surface area contributed by atoms with Gasteiger partial charge in [0, 0.05) is 11.8 Å². The molecule has 1 N–H and O–H groups in total. The second-order valence-electron chi connectivity index (χ2n) is 5.77. The van der Waals surface area contributed by atoms with Gasteiger partial charge < -0.3 is 10.1 Å². The van der Waals surface area contributed by atoms with E-state index in [-0.39, 0.29) is 12.4 Å². The predicted octanol–water partition coefficient (Wildman–Crippen LogP) is 2.52. The summed E-state index contributed by atoms with van der Waals surface area (Å²) in [5.74, 6) is -0.703. The van der Waals surface area contributed by atoms with Gasteiger partial charge >= 0.3 is 5.97 Å². The fourth-order valence-corrected chi connectivity index (χ4v) is 2.87. The van der Waals surface area contributed by atoms with Gasteiger partial charge in [0.15, 0.2) is 0 Å². The Kier molecular flexibility index (Phi) is 4.52. The lowest BCUT2D eigenvalue weighted by atomic mass is 9.99. The van der Waals surface area contributed by atoms with Gasteiger partial charge in [0.2, 0.25) is 5.82 Å². The molecule has 0 saturated carbocycles. The van der Waals surface area contributed by atoms with E-state index in [1.807, 2.05) is 50.2 Å². The van der Waals surface area contributed by atoms with E-state index < -0.39 is 11.9 Å². The zero-order valence-corrected chi connectivity index (χ0v) is 14.4. The first-order valence-electron chi connectivity index (χ1n) is 7.91. The van der Waals surface area contributed by atoms with Crippen molar-refractivity contribution < 1.29 is 14.3 Å². The third-order valence-electron chi connectivity index (χ3n) is 4.09. The fourth-order valence-electron chi connectivity index (χ4n) is 2.87. The zero-order valence-electron chi connectivity index (χ0n) is 14.4. The number of ether oxygens (including phenoxy) is 1. The number of aryl methyl sites for hydroxylation is 2. The Bertz CT molecular complexity index is 939. The molecule has 25 heavy (non-hydrogen) atoms. The Morgan fingerprint density at radius 2 is 1.84 bits per heavy atom. The summed E-state index contributed by atoms with van der Waals surface area (Å²) in [6.07, 6.45) is 1.78. The highest BCUT2D eigenvalue weighted by Gasteiger charge is 2.20. The van der Waals surface area contributed by atoms with E-state index in [1.54, 1.807) is 10.6 Å². The van der Waals surface area contributed by atoms with Crippen molar-refractivity contribution >= 4 is 17.4 Å². The van der Waals surface area contributed by atoms with Crippen molar-refractivity contribution in [2.24, 2.45) is 0 Å². The number of esters is 1. The van der Waals surface area contributed by atoms with Gasteiger partial charge in [-0.15, -0.1) is 0 Å². The van der Waals surface area contributed by atoms with Crippen LogP contribution in [0.25, 0.3) is 16.8 Å². The van der Waals surface area contributed by atoms with Crippen LogP contribution in [0.15, 0.2) is 42.6 Å². The number of amides is 1. The van der Waals surface area contributed by atoms with E-state index in [0.29, 0.717) is 0 Å². The van der Waals surface area contributed by atoms with Crippen molar-refractivity contribution in [1.29, 1.82) is 0 Å².